The third-order valence-corrected chi connectivity index (χ3v) is 3.21. The first-order valence-electron chi connectivity index (χ1n) is 6.63. The van der Waals surface area contributed by atoms with Crippen LogP contribution in [0.25, 0.3) is 0 Å². The molecule has 0 radical (unpaired) electrons. The molecular formula is C15H24N2O3. The molecule has 1 rings (SSSR count). The van der Waals surface area contributed by atoms with E-state index in [1.54, 1.807) is 28.1 Å². The van der Waals surface area contributed by atoms with Gasteiger partial charge in [-0.25, -0.2) is 0 Å². The molecule has 5 nitrogen and oxygen atoms in total. The normalized spacial score (nSPS) is 13.5. The van der Waals surface area contributed by atoms with E-state index < -0.39 is 6.10 Å². The number of likely N-dealkylation sites (N-methyl/N-ethyl adjacent to an activating group) is 1. The second-order valence-corrected chi connectivity index (χ2v) is 4.91. The molecule has 0 heterocycles. The van der Waals surface area contributed by atoms with Crippen LogP contribution in [0.5, 0.6) is 11.5 Å². The second kappa shape index (κ2) is 7.14. The topological polar surface area (TPSA) is 50.8 Å². The van der Waals surface area contributed by atoms with Gasteiger partial charge in [-0.1, -0.05) is 6.07 Å². The van der Waals surface area contributed by atoms with Gasteiger partial charge in [0.1, 0.15) is 11.5 Å². The highest BCUT2D eigenvalue weighted by Crippen LogP contribution is 2.30. The van der Waals surface area contributed by atoms with Crippen molar-refractivity contribution in [1.29, 1.82) is 0 Å². The van der Waals surface area contributed by atoms with Crippen molar-refractivity contribution in [2.45, 2.75) is 26.0 Å². The van der Waals surface area contributed by atoms with Crippen LogP contribution in [0.3, 0.4) is 0 Å². The summed E-state index contributed by atoms with van der Waals surface area (Å²) in [6.45, 7) is 3.78. The van der Waals surface area contributed by atoms with Gasteiger partial charge in [0.25, 0.3) is 5.91 Å². The summed E-state index contributed by atoms with van der Waals surface area (Å²) in [5.74, 6) is 1.29. The van der Waals surface area contributed by atoms with E-state index in [1.165, 1.54) is 4.90 Å². The lowest BCUT2D eigenvalue weighted by atomic mass is 10.1. The molecule has 20 heavy (non-hydrogen) atoms. The molecule has 1 N–H and O–H groups in total. The Kier molecular flexibility index (Phi) is 5.82. The summed E-state index contributed by atoms with van der Waals surface area (Å²) < 4.78 is 11.0. The zero-order valence-electron chi connectivity index (χ0n) is 13.1. The molecule has 0 aromatic heterocycles. The van der Waals surface area contributed by atoms with Gasteiger partial charge in [-0.05, 0) is 27.0 Å². The molecule has 5 heteroatoms. The minimum Gasteiger partial charge on any atom is -0.497 e. The van der Waals surface area contributed by atoms with Gasteiger partial charge < -0.3 is 19.7 Å². The lowest BCUT2D eigenvalue weighted by Gasteiger charge is -2.22. The molecule has 0 aliphatic rings. The second-order valence-electron chi connectivity index (χ2n) is 4.91. The number of ether oxygens (including phenoxy) is 2. The fourth-order valence-corrected chi connectivity index (χ4v) is 1.86. The molecule has 1 amide bonds. The standard InChI is InChI=1S/C15H24N2O3/c1-10(16-3)13-8-7-12(19-6)9-14(13)20-11(2)15(18)17(4)5/h7-11,16H,1-6H3. The van der Waals surface area contributed by atoms with E-state index in [1.807, 2.05) is 32.2 Å². The van der Waals surface area contributed by atoms with Crippen molar-refractivity contribution in [3.8, 4) is 11.5 Å². The Morgan fingerprint density at radius 1 is 1.30 bits per heavy atom. The molecule has 0 aliphatic carbocycles. The predicted octanol–water partition coefficient (Wildman–Crippen LogP) is 1.83. The number of benzene rings is 1. The van der Waals surface area contributed by atoms with Crippen LogP contribution in [0, 0.1) is 0 Å². The summed E-state index contributed by atoms with van der Waals surface area (Å²) in [6.07, 6.45) is -0.542. The number of nitrogens with zero attached hydrogens (tertiary/aromatic N) is 1. The van der Waals surface area contributed by atoms with Crippen molar-refractivity contribution in [2.24, 2.45) is 0 Å². The van der Waals surface area contributed by atoms with Crippen molar-refractivity contribution >= 4 is 5.91 Å². The summed E-state index contributed by atoms with van der Waals surface area (Å²) in [6, 6.07) is 5.76. The quantitative estimate of drug-likeness (QED) is 0.864. The zero-order chi connectivity index (χ0) is 15.3. The van der Waals surface area contributed by atoms with Gasteiger partial charge >= 0.3 is 0 Å². The van der Waals surface area contributed by atoms with Crippen LogP contribution < -0.4 is 14.8 Å². The van der Waals surface area contributed by atoms with Crippen LogP contribution in [0.4, 0.5) is 0 Å². The number of carbonyl (C=O) groups is 1. The zero-order valence-corrected chi connectivity index (χ0v) is 13.1. The third-order valence-electron chi connectivity index (χ3n) is 3.21. The fourth-order valence-electron chi connectivity index (χ4n) is 1.86. The minimum absolute atomic E-state index is 0.0733. The van der Waals surface area contributed by atoms with Crippen molar-refractivity contribution in [3.63, 3.8) is 0 Å². The maximum absolute atomic E-state index is 11.9. The number of methoxy groups -OCH3 is 1. The first-order chi connectivity index (χ1) is 9.40. The maximum Gasteiger partial charge on any atom is 0.262 e. The number of nitrogens with one attached hydrogen (secondary N) is 1. The van der Waals surface area contributed by atoms with Crippen LogP contribution in [0.1, 0.15) is 25.5 Å². The van der Waals surface area contributed by atoms with Gasteiger partial charge in [-0.15, -0.1) is 0 Å². The van der Waals surface area contributed by atoms with Crippen molar-refractivity contribution in [2.75, 3.05) is 28.3 Å². The van der Waals surface area contributed by atoms with Gasteiger partial charge in [0.05, 0.1) is 7.11 Å². The van der Waals surface area contributed by atoms with E-state index >= 15 is 0 Å². The summed E-state index contributed by atoms with van der Waals surface area (Å²) in [5, 5.41) is 3.17. The Hall–Kier alpha value is -1.75. The molecular weight excluding hydrogens is 256 g/mol. The average molecular weight is 280 g/mol. The Labute approximate surface area is 120 Å². The highest BCUT2D eigenvalue weighted by Gasteiger charge is 2.20. The molecule has 0 bridgehead atoms. The number of hydrogen-bond acceptors (Lipinski definition) is 4. The number of rotatable bonds is 6. The van der Waals surface area contributed by atoms with Gasteiger partial charge in [-0.3, -0.25) is 4.79 Å². The van der Waals surface area contributed by atoms with Gasteiger partial charge in [0, 0.05) is 31.8 Å². The van der Waals surface area contributed by atoms with E-state index in [2.05, 4.69) is 5.32 Å². The van der Waals surface area contributed by atoms with Crippen LogP contribution in [-0.2, 0) is 4.79 Å². The van der Waals surface area contributed by atoms with Gasteiger partial charge in [0.15, 0.2) is 6.10 Å². The summed E-state index contributed by atoms with van der Waals surface area (Å²) in [4.78, 5) is 13.4. The van der Waals surface area contributed by atoms with E-state index in [-0.39, 0.29) is 11.9 Å². The molecule has 0 fully saturated rings. The number of hydrogen-bond donors (Lipinski definition) is 1. The molecule has 0 aliphatic heterocycles. The molecule has 1 aromatic carbocycles. The van der Waals surface area contributed by atoms with E-state index in [0.717, 1.165) is 5.56 Å². The first-order valence-corrected chi connectivity index (χ1v) is 6.63. The lowest BCUT2D eigenvalue weighted by Crippen LogP contribution is -2.35. The summed E-state index contributed by atoms with van der Waals surface area (Å²) in [7, 11) is 6.91. The highest BCUT2D eigenvalue weighted by atomic mass is 16.5. The SMILES string of the molecule is CNC(C)c1ccc(OC)cc1OC(C)C(=O)N(C)C. The predicted molar refractivity (Wildman–Crippen MR) is 79.3 cm³/mol. The smallest absolute Gasteiger partial charge is 0.262 e. The molecule has 2 unspecified atom stereocenters. The van der Waals surface area contributed by atoms with Gasteiger partial charge in [-0.2, -0.15) is 0 Å². The Morgan fingerprint density at radius 2 is 1.95 bits per heavy atom. The molecule has 0 spiro atoms. The largest absolute Gasteiger partial charge is 0.497 e. The van der Waals surface area contributed by atoms with E-state index in [9.17, 15) is 4.79 Å². The molecule has 2 atom stereocenters. The van der Waals surface area contributed by atoms with E-state index in [0.29, 0.717) is 11.5 Å². The van der Waals surface area contributed by atoms with Crippen molar-refractivity contribution < 1.29 is 14.3 Å². The lowest BCUT2D eigenvalue weighted by molar-refractivity contribution is -0.135. The monoisotopic (exact) mass is 280 g/mol. The fraction of sp³-hybridized carbons (Fsp3) is 0.533. The molecule has 0 saturated heterocycles. The Balaban J connectivity index is 3.04. The molecule has 112 valence electrons. The summed E-state index contributed by atoms with van der Waals surface area (Å²) >= 11 is 0. The van der Waals surface area contributed by atoms with Crippen LogP contribution in [0.15, 0.2) is 18.2 Å². The Bertz CT molecular complexity index is 460. The van der Waals surface area contributed by atoms with E-state index in [4.69, 9.17) is 9.47 Å². The van der Waals surface area contributed by atoms with Crippen LogP contribution >= 0.6 is 0 Å². The number of amides is 1. The minimum atomic E-state index is -0.542. The average Bonchev–Trinajstić information content (AvgIpc) is 2.45. The number of carbonyl (C=O) groups excluding carboxylic acids is 1. The molecule has 1 aromatic rings. The maximum atomic E-state index is 11.9. The first kappa shape index (κ1) is 16.3. The highest BCUT2D eigenvalue weighted by molar-refractivity contribution is 5.80. The Morgan fingerprint density at radius 3 is 2.45 bits per heavy atom. The third kappa shape index (κ3) is 3.87. The van der Waals surface area contributed by atoms with Crippen molar-refractivity contribution in [3.05, 3.63) is 23.8 Å². The van der Waals surface area contributed by atoms with Crippen molar-refractivity contribution in [1.82, 2.24) is 10.2 Å². The van der Waals surface area contributed by atoms with Gasteiger partial charge in [0.2, 0.25) is 0 Å². The summed E-state index contributed by atoms with van der Waals surface area (Å²) in [5.41, 5.74) is 0.992. The van der Waals surface area contributed by atoms with Crippen LogP contribution in [-0.4, -0.2) is 45.2 Å². The molecule has 0 saturated carbocycles. The van der Waals surface area contributed by atoms with Crippen LogP contribution in [0.2, 0.25) is 0 Å².